The Bertz CT molecular complexity index is 543. The standard InChI is InChI=1S/C14H18ClN3OS/c1-3-11(16-2)8-14-17-13(18-19-14)9-20-12-6-4-5-10(15)7-12/h4-7,11,16H,3,8-9H2,1-2H3. The number of nitrogens with zero attached hydrogens (tertiary/aromatic N) is 2. The minimum Gasteiger partial charge on any atom is -0.339 e. The number of halogens is 1. The van der Waals surface area contributed by atoms with Gasteiger partial charge in [0.2, 0.25) is 5.89 Å². The van der Waals surface area contributed by atoms with E-state index in [9.17, 15) is 0 Å². The quantitative estimate of drug-likeness (QED) is 0.792. The molecule has 2 rings (SSSR count). The SMILES string of the molecule is CCC(Cc1nc(CSc2cccc(Cl)c2)no1)NC. The Morgan fingerprint density at radius 2 is 2.30 bits per heavy atom. The molecule has 20 heavy (non-hydrogen) atoms. The molecule has 0 fully saturated rings. The number of aromatic nitrogens is 2. The van der Waals surface area contributed by atoms with Crippen LogP contribution < -0.4 is 5.32 Å². The fraction of sp³-hybridized carbons (Fsp3) is 0.429. The zero-order chi connectivity index (χ0) is 14.4. The molecule has 4 nitrogen and oxygen atoms in total. The molecule has 108 valence electrons. The molecule has 0 aliphatic heterocycles. The van der Waals surface area contributed by atoms with Crippen LogP contribution in [0.1, 0.15) is 25.1 Å². The highest BCUT2D eigenvalue weighted by atomic mass is 35.5. The van der Waals surface area contributed by atoms with Crippen LogP contribution in [0.15, 0.2) is 33.7 Å². The van der Waals surface area contributed by atoms with Gasteiger partial charge in [0.15, 0.2) is 5.82 Å². The summed E-state index contributed by atoms with van der Waals surface area (Å²) < 4.78 is 5.27. The zero-order valence-corrected chi connectivity index (χ0v) is 13.2. The van der Waals surface area contributed by atoms with E-state index in [0.29, 0.717) is 17.7 Å². The third kappa shape index (κ3) is 4.51. The molecule has 0 aliphatic carbocycles. The highest BCUT2D eigenvalue weighted by molar-refractivity contribution is 7.98. The van der Waals surface area contributed by atoms with Gasteiger partial charge in [0.05, 0.1) is 5.75 Å². The van der Waals surface area contributed by atoms with E-state index in [0.717, 1.165) is 28.6 Å². The average molecular weight is 312 g/mol. The maximum Gasteiger partial charge on any atom is 0.228 e. The summed E-state index contributed by atoms with van der Waals surface area (Å²) in [4.78, 5) is 5.51. The van der Waals surface area contributed by atoms with Crippen molar-refractivity contribution in [2.75, 3.05) is 7.05 Å². The molecule has 1 unspecified atom stereocenters. The first-order chi connectivity index (χ1) is 9.71. The van der Waals surface area contributed by atoms with Crippen molar-refractivity contribution in [3.63, 3.8) is 0 Å². The average Bonchev–Trinajstić information content (AvgIpc) is 2.90. The molecule has 0 saturated heterocycles. The first-order valence-electron chi connectivity index (χ1n) is 6.58. The van der Waals surface area contributed by atoms with Crippen LogP contribution in [0.3, 0.4) is 0 Å². The van der Waals surface area contributed by atoms with Gasteiger partial charge < -0.3 is 9.84 Å². The van der Waals surface area contributed by atoms with Crippen molar-refractivity contribution >= 4 is 23.4 Å². The van der Waals surface area contributed by atoms with Crippen molar-refractivity contribution in [2.45, 2.75) is 36.5 Å². The van der Waals surface area contributed by atoms with E-state index >= 15 is 0 Å². The Hall–Kier alpha value is -1.04. The summed E-state index contributed by atoms with van der Waals surface area (Å²) in [5.41, 5.74) is 0. The van der Waals surface area contributed by atoms with Crippen molar-refractivity contribution in [3.8, 4) is 0 Å². The van der Waals surface area contributed by atoms with Crippen LogP contribution >= 0.6 is 23.4 Å². The highest BCUT2D eigenvalue weighted by Gasteiger charge is 2.11. The van der Waals surface area contributed by atoms with Crippen molar-refractivity contribution in [1.29, 1.82) is 0 Å². The van der Waals surface area contributed by atoms with Gasteiger partial charge in [-0.15, -0.1) is 11.8 Å². The summed E-state index contributed by atoms with van der Waals surface area (Å²) in [5, 5.41) is 7.97. The van der Waals surface area contributed by atoms with Crippen molar-refractivity contribution < 1.29 is 4.52 Å². The lowest BCUT2D eigenvalue weighted by molar-refractivity contribution is 0.356. The number of hydrogen-bond donors (Lipinski definition) is 1. The van der Waals surface area contributed by atoms with E-state index in [4.69, 9.17) is 16.1 Å². The monoisotopic (exact) mass is 311 g/mol. The van der Waals surface area contributed by atoms with Crippen LogP contribution in [-0.2, 0) is 12.2 Å². The number of hydrogen-bond acceptors (Lipinski definition) is 5. The predicted molar refractivity (Wildman–Crippen MR) is 82.2 cm³/mol. The maximum absolute atomic E-state index is 5.95. The van der Waals surface area contributed by atoms with Crippen molar-refractivity contribution in [2.24, 2.45) is 0 Å². The smallest absolute Gasteiger partial charge is 0.228 e. The largest absolute Gasteiger partial charge is 0.339 e. The molecule has 1 aromatic carbocycles. The molecule has 0 aliphatic rings. The molecule has 1 N–H and O–H groups in total. The summed E-state index contributed by atoms with van der Waals surface area (Å²) in [5.74, 6) is 2.09. The summed E-state index contributed by atoms with van der Waals surface area (Å²) >= 11 is 7.60. The van der Waals surface area contributed by atoms with E-state index in [1.807, 2.05) is 31.3 Å². The number of nitrogens with one attached hydrogen (secondary N) is 1. The van der Waals surface area contributed by atoms with E-state index in [2.05, 4.69) is 22.4 Å². The summed E-state index contributed by atoms with van der Waals surface area (Å²) in [6, 6.07) is 8.13. The molecule has 0 amide bonds. The summed E-state index contributed by atoms with van der Waals surface area (Å²) in [6.07, 6.45) is 1.80. The Kier molecular flexibility index (Phi) is 5.88. The Balaban J connectivity index is 1.89. The minimum absolute atomic E-state index is 0.379. The lowest BCUT2D eigenvalue weighted by atomic mass is 10.1. The van der Waals surface area contributed by atoms with E-state index in [1.165, 1.54) is 0 Å². The topological polar surface area (TPSA) is 51.0 Å². The van der Waals surface area contributed by atoms with Crippen LogP contribution in [0.4, 0.5) is 0 Å². The van der Waals surface area contributed by atoms with Crippen LogP contribution in [0, 0.1) is 0 Å². The predicted octanol–water partition coefficient (Wildman–Crippen LogP) is 3.56. The number of benzene rings is 1. The van der Waals surface area contributed by atoms with Crippen LogP contribution in [0.25, 0.3) is 0 Å². The number of thioether (sulfide) groups is 1. The van der Waals surface area contributed by atoms with Gasteiger partial charge in [0.25, 0.3) is 0 Å². The highest BCUT2D eigenvalue weighted by Crippen LogP contribution is 2.24. The molecular formula is C14H18ClN3OS. The third-order valence-electron chi connectivity index (χ3n) is 3.00. The van der Waals surface area contributed by atoms with Crippen LogP contribution in [-0.4, -0.2) is 23.2 Å². The van der Waals surface area contributed by atoms with Gasteiger partial charge in [-0.05, 0) is 31.7 Å². The van der Waals surface area contributed by atoms with Gasteiger partial charge in [-0.3, -0.25) is 0 Å². The Morgan fingerprint density at radius 1 is 1.45 bits per heavy atom. The molecule has 0 radical (unpaired) electrons. The number of rotatable bonds is 7. The van der Waals surface area contributed by atoms with E-state index in [1.54, 1.807) is 11.8 Å². The fourth-order valence-electron chi connectivity index (χ4n) is 1.80. The normalized spacial score (nSPS) is 12.6. The maximum atomic E-state index is 5.95. The Labute approximate surface area is 128 Å². The van der Waals surface area contributed by atoms with Crippen molar-refractivity contribution in [3.05, 3.63) is 41.0 Å². The second-order valence-corrected chi connectivity index (χ2v) is 5.93. The first kappa shape index (κ1) is 15.4. The summed E-state index contributed by atoms with van der Waals surface area (Å²) in [7, 11) is 1.94. The number of likely N-dealkylation sites (N-methyl/N-ethyl adjacent to an activating group) is 1. The van der Waals surface area contributed by atoms with Crippen LogP contribution in [0.2, 0.25) is 5.02 Å². The molecule has 0 bridgehead atoms. The molecule has 1 heterocycles. The Morgan fingerprint density at radius 3 is 3.00 bits per heavy atom. The molecule has 2 aromatic rings. The summed E-state index contributed by atoms with van der Waals surface area (Å²) in [6.45, 7) is 2.13. The van der Waals surface area contributed by atoms with E-state index < -0.39 is 0 Å². The van der Waals surface area contributed by atoms with Gasteiger partial charge in [0.1, 0.15) is 0 Å². The molecular weight excluding hydrogens is 294 g/mol. The molecule has 6 heteroatoms. The molecule has 1 atom stereocenters. The fourth-order valence-corrected chi connectivity index (χ4v) is 2.85. The molecule has 1 aromatic heterocycles. The second kappa shape index (κ2) is 7.67. The minimum atomic E-state index is 0.379. The third-order valence-corrected chi connectivity index (χ3v) is 4.22. The van der Waals surface area contributed by atoms with Gasteiger partial charge >= 0.3 is 0 Å². The van der Waals surface area contributed by atoms with E-state index in [-0.39, 0.29) is 0 Å². The second-order valence-electron chi connectivity index (χ2n) is 4.45. The lowest BCUT2D eigenvalue weighted by Crippen LogP contribution is -2.26. The van der Waals surface area contributed by atoms with Crippen LogP contribution in [0.5, 0.6) is 0 Å². The zero-order valence-electron chi connectivity index (χ0n) is 11.6. The van der Waals surface area contributed by atoms with Gasteiger partial charge in [0, 0.05) is 22.4 Å². The molecule has 0 spiro atoms. The first-order valence-corrected chi connectivity index (χ1v) is 7.94. The van der Waals surface area contributed by atoms with Gasteiger partial charge in [-0.1, -0.05) is 29.7 Å². The van der Waals surface area contributed by atoms with Gasteiger partial charge in [-0.25, -0.2) is 0 Å². The lowest BCUT2D eigenvalue weighted by Gasteiger charge is -2.09. The molecule has 0 saturated carbocycles. The van der Waals surface area contributed by atoms with Crippen molar-refractivity contribution in [1.82, 2.24) is 15.5 Å². The van der Waals surface area contributed by atoms with Gasteiger partial charge in [-0.2, -0.15) is 4.98 Å².